The van der Waals surface area contributed by atoms with E-state index in [-0.39, 0.29) is 0 Å². The molecule has 28 heavy (non-hydrogen) atoms. The van der Waals surface area contributed by atoms with Crippen molar-refractivity contribution in [3.05, 3.63) is 84.9 Å². The predicted octanol–water partition coefficient (Wildman–Crippen LogP) is 5.35. The van der Waals surface area contributed by atoms with E-state index >= 15 is 0 Å². The lowest BCUT2D eigenvalue weighted by molar-refractivity contribution is 0.342. The Morgan fingerprint density at radius 3 is 2.00 bits per heavy atom. The number of aromatic nitrogens is 3. The van der Waals surface area contributed by atoms with E-state index in [0.717, 1.165) is 34.0 Å². The van der Waals surface area contributed by atoms with Crippen LogP contribution in [0.3, 0.4) is 0 Å². The van der Waals surface area contributed by atoms with E-state index in [4.69, 9.17) is 9.72 Å². The molecule has 0 saturated carbocycles. The zero-order valence-electron chi connectivity index (χ0n) is 15.5. The topological polar surface area (TPSA) is 59.9 Å². The van der Waals surface area contributed by atoms with Crippen molar-refractivity contribution < 1.29 is 4.74 Å². The van der Waals surface area contributed by atoms with Gasteiger partial charge in [0.2, 0.25) is 5.95 Å². The second-order valence-electron chi connectivity index (χ2n) is 6.12. The van der Waals surface area contributed by atoms with E-state index in [1.807, 2.05) is 91.9 Å². The van der Waals surface area contributed by atoms with Gasteiger partial charge in [-0.1, -0.05) is 72.8 Å². The minimum absolute atomic E-state index is 0.422. The van der Waals surface area contributed by atoms with Crippen molar-refractivity contribution in [2.24, 2.45) is 0 Å². The van der Waals surface area contributed by atoms with Crippen molar-refractivity contribution in [3.8, 4) is 28.3 Å². The van der Waals surface area contributed by atoms with Crippen molar-refractivity contribution in [1.29, 1.82) is 0 Å². The zero-order valence-corrected chi connectivity index (χ0v) is 15.5. The lowest BCUT2D eigenvalue weighted by Crippen LogP contribution is -2.04. The molecule has 0 unspecified atom stereocenters. The summed E-state index contributed by atoms with van der Waals surface area (Å²) < 4.78 is 5.68. The standard InChI is InChI=1S/C23H20N4O/c1-2-28-20-16-10-9-15-19(20)24-23-25-21(17-11-5-3-6-12-17)22(26-27-23)18-13-7-4-8-14-18/h3-16H,2H2,1H3,(H,24,25,27). The summed E-state index contributed by atoms with van der Waals surface area (Å²) >= 11 is 0. The molecule has 4 rings (SSSR count). The molecule has 5 heteroatoms. The number of nitrogens with zero attached hydrogens (tertiary/aromatic N) is 3. The number of ether oxygens (including phenoxy) is 1. The maximum Gasteiger partial charge on any atom is 0.247 e. The van der Waals surface area contributed by atoms with Gasteiger partial charge in [0.25, 0.3) is 0 Å². The van der Waals surface area contributed by atoms with Crippen LogP contribution < -0.4 is 10.1 Å². The summed E-state index contributed by atoms with van der Waals surface area (Å²) in [5.74, 6) is 1.17. The molecule has 0 aliphatic rings. The number of hydrogen-bond donors (Lipinski definition) is 1. The number of hydrogen-bond acceptors (Lipinski definition) is 5. The fraction of sp³-hybridized carbons (Fsp3) is 0.0870. The summed E-state index contributed by atoms with van der Waals surface area (Å²) in [4.78, 5) is 4.78. The molecule has 0 fully saturated rings. The summed E-state index contributed by atoms with van der Waals surface area (Å²) in [5, 5.41) is 12.0. The van der Waals surface area contributed by atoms with Gasteiger partial charge >= 0.3 is 0 Å². The van der Waals surface area contributed by atoms with Crippen molar-refractivity contribution in [2.75, 3.05) is 11.9 Å². The van der Waals surface area contributed by atoms with E-state index in [2.05, 4.69) is 15.5 Å². The lowest BCUT2D eigenvalue weighted by atomic mass is 10.0. The third kappa shape index (κ3) is 3.83. The molecule has 1 heterocycles. The molecule has 0 amide bonds. The fourth-order valence-electron chi connectivity index (χ4n) is 2.94. The fourth-order valence-corrected chi connectivity index (χ4v) is 2.94. The van der Waals surface area contributed by atoms with Crippen LogP contribution in [0.25, 0.3) is 22.5 Å². The van der Waals surface area contributed by atoms with Crippen LogP contribution in [-0.4, -0.2) is 21.8 Å². The van der Waals surface area contributed by atoms with Crippen LogP contribution in [0.5, 0.6) is 5.75 Å². The molecule has 0 atom stereocenters. The average molecular weight is 368 g/mol. The Morgan fingerprint density at radius 1 is 0.714 bits per heavy atom. The predicted molar refractivity (Wildman–Crippen MR) is 112 cm³/mol. The Labute approximate surface area is 164 Å². The van der Waals surface area contributed by atoms with Gasteiger partial charge in [-0.15, -0.1) is 10.2 Å². The molecule has 1 aromatic heterocycles. The first-order valence-corrected chi connectivity index (χ1v) is 9.19. The van der Waals surface area contributed by atoms with E-state index in [1.54, 1.807) is 0 Å². The first kappa shape index (κ1) is 17.7. The van der Waals surface area contributed by atoms with Gasteiger partial charge in [0.15, 0.2) is 0 Å². The molecule has 0 aliphatic carbocycles. The Bertz CT molecular complexity index is 1050. The number of benzene rings is 3. The summed E-state index contributed by atoms with van der Waals surface area (Å²) in [5.41, 5.74) is 4.28. The SMILES string of the molecule is CCOc1ccccc1Nc1nnc(-c2ccccc2)c(-c2ccccc2)n1. The highest BCUT2D eigenvalue weighted by Gasteiger charge is 2.14. The van der Waals surface area contributed by atoms with E-state index < -0.39 is 0 Å². The van der Waals surface area contributed by atoms with Gasteiger partial charge in [-0.3, -0.25) is 0 Å². The second-order valence-corrected chi connectivity index (χ2v) is 6.12. The molecular formula is C23H20N4O. The zero-order chi connectivity index (χ0) is 19.2. The summed E-state index contributed by atoms with van der Waals surface area (Å²) in [6.07, 6.45) is 0. The Kier molecular flexibility index (Phi) is 5.24. The van der Waals surface area contributed by atoms with Crippen LogP contribution in [0.1, 0.15) is 6.92 Å². The van der Waals surface area contributed by atoms with Gasteiger partial charge in [0.1, 0.15) is 17.1 Å². The van der Waals surface area contributed by atoms with Gasteiger partial charge in [-0.05, 0) is 19.1 Å². The van der Waals surface area contributed by atoms with Gasteiger partial charge in [-0.2, -0.15) is 0 Å². The molecule has 0 radical (unpaired) electrons. The van der Waals surface area contributed by atoms with Crippen molar-refractivity contribution in [3.63, 3.8) is 0 Å². The van der Waals surface area contributed by atoms with Gasteiger partial charge in [0, 0.05) is 11.1 Å². The van der Waals surface area contributed by atoms with Gasteiger partial charge in [0.05, 0.1) is 12.3 Å². The Hall–Kier alpha value is -3.73. The highest BCUT2D eigenvalue weighted by atomic mass is 16.5. The number of anilines is 2. The van der Waals surface area contributed by atoms with Crippen LogP contribution in [0, 0.1) is 0 Å². The lowest BCUT2D eigenvalue weighted by Gasteiger charge is -2.13. The minimum atomic E-state index is 0.422. The van der Waals surface area contributed by atoms with Crippen LogP contribution in [0.2, 0.25) is 0 Å². The number of rotatable bonds is 6. The monoisotopic (exact) mass is 368 g/mol. The van der Waals surface area contributed by atoms with E-state index in [9.17, 15) is 0 Å². The maximum absolute atomic E-state index is 5.68. The van der Waals surface area contributed by atoms with Crippen molar-refractivity contribution >= 4 is 11.6 Å². The molecular weight excluding hydrogens is 348 g/mol. The Morgan fingerprint density at radius 2 is 1.32 bits per heavy atom. The van der Waals surface area contributed by atoms with Crippen LogP contribution in [0.15, 0.2) is 84.9 Å². The Balaban J connectivity index is 1.77. The summed E-state index contributed by atoms with van der Waals surface area (Å²) in [6, 6.07) is 27.7. The third-order valence-electron chi connectivity index (χ3n) is 4.21. The molecule has 5 nitrogen and oxygen atoms in total. The van der Waals surface area contributed by atoms with Crippen LogP contribution >= 0.6 is 0 Å². The van der Waals surface area contributed by atoms with E-state index in [1.165, 1.54) is 0 Å². The molecule has 0 bridgehead atoms. The van der Waals surface area contributed by atoms with Crippen LogP contribution in [-0.2, 0) is 0 Å². The second kappa shape index (κ2) is 8.31. The normalized spacial score (nSPS) is 10.5. The molecule has 138 valence electrons. The van der Waals surface area contributed by atoms with Crippen molar-refractivity contribution in [1.82, 2.24) is 15.2 Å². The average Bonchev–Trinajstić information content (AvgIpc) is 2.76. The molecule has 3 aromatic carbocycles. The largest absolute Gasteiger partial charge is 0.492 e. The minimum Gasteiger partial charge on any atom is -0.492 e. The molecule has 1 N–H and O–H groups in total. The summed E-state index contributed by atoms with van der Waals surface area (Å²) in [6.45, 7) is 2.54. The molecule has 0 aliphatic heterocycles. The number of para-hydroxylation sites is 2. The van der Waals surface area contributed by atoms with E-state index in [0.29, 0.717) is 12.6 Å². The smallest absolute Gasteiger partial charge is 0.247 e. The first-order valence-electron chi connectivity index (χ1n) is 9.19. The van der Waals surface area contributed by atoms with Crippen LogP contribution in [0.4, 0.5) is 11.6 Å². The molecule has 4 aromatic rings. The highest BCUT2D eigenvalue weighted by molar-refractivity contribution is 5.78. The third-order valence-corrected chi connectivity index (χ3v) is 4.21. The molecule has 0 spiro atoms. The number of nitrogens with one attached hydrogen (secondary N) is 1. The maximum atomic E-state index is 5.68. The quantitative estimate of drug-likeness (QED) is 0.497. The summed E-state index contributed by atoms with van der Waals surface area (Å²) in [7, 11) is 0. The van der Waals surface area contributed by atoms with Gasteiger partial charge < -0.3 is 10.1 Å². The first-order chi connectivity index (χ1) is 13.8. The molecule has 0 saturated heterocycles. The van der Waals surface area contributed by atoms with Gasteiger partial charge in [-0.25, -0.2) is 4.98 Å². The van der Waals surface area contributed by atoms with Crippen molar-refractivity contribution in [2.45, 2.75) is 6.92 Å². The highest BCUT2D eigenvalue weighted by Crippen LogP contribution is 2.31.